The summed E-state index contributed by atoms with van der Waals surface area (Å²) < 4.78 is 0. The molecule has 0 bridgehead atoms. The third kappa shape index (κ3) is 2.94. The van der Waals surface area contributed by atoms with Gasteiger partial charge in [-0.2, -0.15) is 0 Å². The fourth-order valence-electron chi connectivity index (χ4n) is 2.86. The van der Waals surface area contributed by atoms with Gasteiger partial charge in [-0.3, -0.25) is 9.59 Å². The lowest BCUT2D eigenvalue weighted by atomic mass is 10.1. The SMILES string of the molecule is CC(=O)N[C@H]1C(=O)N(Cc2ccccc2Cl)c2ccc(C)cc21. The highest BCUT2D eigenvalue weighted by atomic mass is 35.5. The third-order valence-corrected chi connectivity index (χ3v) is 4.30. The van der Waals surface area contributed by atoms with Crippen molar-refractivity contribution in [1.82, 2.24) is 5.32 Å². The summed E-state index contributed by atoms with van der Waals surface area (Å²) in [4.78, 5) is 25.9. The molecule has 5 heteroatoms. The fourth-order valence-corrected chi connectivity index (χ4v) is 3.06. The van der Waals surface area contributed by atoms with E-state index in [2.05, 4.69) is 5.32 Å². The molecule has 23 heavy (non-hydrogen) atoms. The number of carbonyl (C=O) groups is 2. The van der Waals surface area contributed by atoms with Crippen LogP contribution >= 0.6 is 11.6 Å². The second-order valence-electron chi connectivity index (χ2n) is 5.71. The summed E-state index contributed by atoms with van der Waals surface area (Å²) in [6.07, 6.45) is 0. The van der Waals surface area contributed by atoms with E-state index >= 15 is 0 Å². The van der Waals surface area contributed by atoms with Crippen LogP contribution < -0.4 is 10.2 Å². The topological polar surface area (TPSA) is 49.4 Å². The van der Waals surface area contributed by atoms with Crippen LogP contribution in [0.1, 0.15) is 29.7 Å². The van der Waals surface area contributed by atoms with E-state index in [9.17, 15) is 9.59 Å². The molecule has 1 atom stereocenters. The van der Waals surface area contributed by atoms with Crippen molar-refractivity contribution < 1.29 is 9.59 Å². The van der Waals surface area contributed by atoms with Crippen LogP contribution in [0.25, 0.3) is 0 Å². The second-order valence-corrected chi connectivity index (χ2v) is 6.12. The molecule has 0 fully saturated rings. The zero-order chi connectivity index (χ0) is 16.6. The molecule has 0 aromatic heterocycles. The lowest BCUT2D eigenvalue weighted by Gasteiger charge is -2.19. The van der Waals surface area contributed by atoms with Gasteiger partial charge < -0.3 is 10.2 Å². The Kier molecular flexibility index (Phi) is 4.09. The first kappa shape index (κ1) is 15.6. The van der Waals surface area contributed by atoms with Crippen LogP contribution in [0.4, 0.5) is 5.69 Å². The Balaban J connectivity index is 2.00. The zero-order valence-corrected chi connectivity index (χ0v) is 13.7. The summed E-state index contributed by atoms with van der Waals surface area (Å²) in [7, 11) is 0. The number of carbonyl (C=O) groups excluding carboxylic acids is 2. The van der Waals surface area contributed by atoms with E-state index in [1.54, 1.807) is 11.0 Å². The molecule has 118 valence electrons. The van der Waals surface area contributed by atoms with Gasteiger partial charge in [-0.05, 0) is 24.6 Å². The number of rotatable bonds is 3. The highest BCUT2D eigenvalue weighted by Crippen LogP contribution is 2.38. The molecule has 2 aromatic carbocycles. The molecule has 0 aliphatic carbocycles. The standard InChI is InChI=1S/C18H17ClN2O2/c1-11-7-8-16-14(9-11)17(20-12(2)22)18(23)21(16)10-13-5-3-4-6-15(13)19/h3-9,17H,10H2,1-2H3,(H,20,22)/t17-/m1/s1. The van der Waals surface area contributed by atoms with Crippen molar-refractivity contribution in [2.45, 2.75) is 26.4 Å². The van der Waals surface area contributed by atoms with Crippen LogP contribution in [-0.2, 0) is 16.1 Å². The maximum atomic E-state index is 12.8. The molecular formula is C18H17ClN2O2. The molecule has 4 nitrogen and oxygen atoms in total. The molecule has 0 unspecified atom stereocenters. The third-order valence-electron chi connectivity index (χ3n) is 3.93. The van der Waals surface area contributed by atoms with Crippen molar-refractivity contribution in [2.24, 2.45) is 0 Å². The van der Waals surface area contributed by atoms with Crippen molar-refractivity contribution in [3.63, 3.8) is 0 Å². The smallest absolute Gasteiger partial charge is 0.254 e. The van der Waals surface area contributed by atoms with Gasteiger partial charge in [0, 0.05) is 23.2 Å². The van der Waals surface area contributed by atoms with Crippen LogP contribution in [0.3, 0.4) is 0 Å². The van der Waals surface area contributed by atoms with Gasteiger partial charge in [-0.25, -0.2) is 0 Å². The van der Waals surface area contributed by atoms with Crippen molar-refractivity contribution >= 4 is 29.1 Å². The second kappa shape index (κ2) is 6.05. The number of fused-ring (bicyclic) bond motifs is 1. The number of benzene rings is 2. The number of hydrogen-bond donors (Lipinski definition) is 1. The number of nitrogens with zero attached hydrogens (tertiary/aromatic N) is 1. The summed E-state index contributed by atoms with van der Waals surface area (Å²) >= 11 is 6.22. The van der Waals surface area contributed by atoms with Gasteiger partial charge >= 0.3 is 0 Å². The highest BCUT2D eigenvalue weighted by molar-refractivity contribution is 6.31. The molecule has 0 radical (unpaired) electrons. The van der Waals surface area contributed by atoms with E-state index in [1.807, 2.05) is 43.3 Å². The Morgan fingerprint density at radius 2 is 2.00 bits per heavy atom. The normalized spacial score (nSPS) is 16.4. The van der Waals surface area contributed by atoms with Crippen LogP contribution in [0.15, 0.2) is 42.5 Å². The average molecular weight is 329 g/mol. The summed E-state index contributed by atoms with van der Waals surface area (Å²) in [5.74, 6) is -0.365. The quantitative estimate of drug-likeness (QED) is 0.939. The minimum Gasteiger partial charge on any atom is -0.341 e. The first-order chi connectivity index (χ1) is 11.0. The molecule has 0 spiro atoms. The van der Waals surface area contributed by atoms with Crippen LogP contribution in [-0.4, -0.2) is 11.8 Å². The summed E-state index contributed by atoms with van der Waals surface area (Å²) in [6, 6.07) is 12.6. The molecule has 0 saturated heterocycles. The van der Waals surface area contributed by atoms with E-state index in [-0.39, 0.29) is 11.8 Å². The zero-order valence-electron chi connectivity index (χ0n) is 13.0. The Morgan fingerprint density at radius 3 is 2.70 bits per heavy atom. The Labute approximate surface area is 140 Å². The lowest BCUT2D eigenvalue weighted by Crippen LogP contribution is -2.36. The van der Waals surface area contributed by atoms with Gasteiger partial charge in [0.05, 0.1) is 6.54 Å². The lowest BCUT2D eigenvalue weighted by molar-refractivity contribution is -0.126. The Morgan fingerprint density at radius 1 is 1.26 bits per heavy atom. The van der Waals surface area contributed by atoms with Gasteiger partial charge in [0.15, 0.2) is 0 Å². The number of nitrogens with one attached hydrogen (secondary N) is 1. The summed E-state index contributed by atoms with van der Waals surface area (Å²) in [5, 5.41) is 3.36. The summed E-state index contributed by atoms with van der Waals surface area (Å²) in [5.41, 5.74) is 3.57. The van der Waals surface area contributed by atoms with Gasteiger partial charge in [0.25, 0.3) is 5.91 Å². The maximum absolute atomic E-state index is 12.8. The first-order valence-electron chi connectivity index (χ1n) is 7.40. The Hall–Kier alpha value is -2.33. The van der Waals surface area contributed by atoms with Crippen LogP contribution in [0.2, 0.25) is 5.02 Å². The van der Waals surface area contributed by atoms with Gasteiger partial charge in [0.2, 0.25) is 5.91 Å². The minimum atomic E-state index is -0.634. The van der Waals surface area contributed by atoms with E-state index in [0.29, 0.717) is 11.6 Å². The fraction of sp³-hybridized carbons (Fsp3) is 0.222. The van der Waals surface area contributed by atoms with Crippen LogP contribution in [0.5, 0.6) is 0 Å². The largest absolute Gasteiger partial charge is 0.341 e. The molecule has 1 heterocycles. The highest BCUT2D eigenvalue weighted by Gasteiger charge is 2.37. The molecule has 1 N–H and O–H groups in total. The van der Waals surface area contributed by atoms with E-state index in [0.717, 1.165) is 22.4 Å². The van der Waals surface area contributed by atoms with Gasteiger partial charge in [-0.1, -0.05) is 47.5 Å². The van der Waals surface area contributed by atoms with Crippen molar-refractivity contribution in [3.05, 3.63) is 64.2 Å². The molecular weight excluding hydrogens is 312 g/mol. The predicted octanol–water partition coefficient (Wildman–Crippen LogP) is 3.37. The minimum absolute atomic E-state index is 0.138. The monoisotopic (exact) mass is 328 g/mol. The van der Waals surface area contributed by atoms with Crippen LogP contribution in [0, 0.1) is 6.92 Å². The molecule has 2 amide bonds. The van der Waals surface area contributed by atoms with Crippen molar-refractivity contribution in [1.29, 1.82) is 0 Å². The maximum Gasteiger partial charge on any atom is 0.254 e. The van der Waals surface area contributed by atoms with E-state index in [4.69, 9.17) is 11.6 Å². The number of hydrogen-bond acceptors (Lipinski definition) is 2. The molecule has 1 aliphatic rings. The predicted molar refractivity (Wildman–Crippen MR) is 90.4 cm³/mol. The molecule has 0 saturated carbocycles. The first-order valence-corrected chi connectivity index (χ1v) is 7.77. The van der Waals surface area contributed by atoms with Gasteiger partial charge in [-0.15, -0.1) is 0 Å². The molecule has 1 aliphatic heterocycles. The summed E-state index contributed by atoms with van der Waals surface area (Å²) in [6.45, 7) is 3.76. The molecule has 2 aromatic rings. The Bertz CT molecular complexity index is 788. The van der Waals surface area contributed by atoms with E-state index < -0.39 is 6.04 Å². The van der Waals surface area contributed by atoms with Crippen molar-refractivity contribution in [3.8, 4) is 0 Å². The van der Waals surface area contributed by atoms with Gasteiger partial charge in [0.1, 0.15) is 6.04 Å². The van der Waals surface area contributed by atoms with Crippen molar-refractivity contribution in [2.75, 3.05) is 4.90 Å². The number of halogens is 1. The van der Waals surface area contributed by atoms with E-state index in [1.165, 1.54) is 6.92 Å². The number of aryl methyl sites for hydroxylation is 1. The average Bonchev–Trinajstić information content (AvgIpc) is 2.74. The number of amides is 2. The molecule has 3 rings (SSSR count). The number of anilines is 1.